The molecular weight excluding hydrogens is 354 g/mol. The molecule has 0 spiro atoms. The van der Waals surface area contributed by atoms with Crippen molar-refractivity contribution in [3.8, 4) is 5.75 Å². The number of amides is 1. The second kappa shape index (κ2) is 8.72. The summed E-state index contributed by atoms with van der Waals surface area (Å²) >= 11 is 6.02. The molecule has 2 aromatic carbocycles. The monoisotopic (exact) mass is 373 g/mol. The van der Waals surface area contributed by atoms with Gasteiger partial charge in [0.25, 0.3) is 5.91 Å². The molecule has 1 aliphatic rings. The summed E-state index contributed by atoms with van der Waals surface area (Å²) in [5.74, 6) is -0.333. The van der Waals surface area contributed by atoms with Crippen LogP contribution in [0.3, 0.4) is 0 Å². The number of hydrogen-bond donors (Lipinski definition) is 1. The van der Waals surface area contributed by atoms with Crippen molar-refractivity contribution in [2.75, 3.05) is 13.2 Å². The fourth-order valence-corrected chi connectivity index (χ4v) is 3.06. The molecule has 0 heterocycles. The van der Waals surface area contributed by atoms with Crippen LogP contribution in [-0.4, -0.2) is 25.1 Å². The van der Waals surface area contributed by atoms with Crippen LogP contribution >= 0.6 is 11.6 Å². The minimum absolute atomic E-state index is 0.226. The molecule has 0 radical (unpaired) electrons. The lowest BCUT2D eigenvalue weighted by atomic mass is 10.1. The van der Waals surface area contributed by atoms with Crippen LogP contribution in [0.25, 0.3) is 0 Å². The molecule has 26 heavy (non-hydrogen) atoms. The van der Waals surface area contributed by atoms with Crippen molar-refractivity contribution in [2.24, 2.45) is 0 Å². The first kappa shape index (κ1) is 18.3. The lowest BCUT2D eigenvalue weighted by Gasteiger charge is -2.09. The number of aryl methyl sites for hydroxylation is 2. The third-order valence-electron chi connectivity index (χ3n) is 4.22. The first-order chi connectivity index (χ1) is 12.6. The Morgan fingerprint density at radius 1 is 1.04 bits per heavy atom. The summed E-state index contributed by atoms with van der Waals surface area (Å²) < 4.78 is 10.4. The van der Waals surface area contributed by atoms with E-state index in [0.717, 1.165) is 24.8 Å². The van der Waals surface area contributed by atoms with E-state index >= 15 is 0 Å². The van der Waals surface area contributed by atoms with E-state index in [2.05, 4.69) is 5.32 Å². The van der Waals surface area contributed by atoms with Crippen LogP contribution in [0.15, 0.2) is 42.5 Å². The Morgan fingerprint density at radius 3 is 2.69 bits per heavy atom. The van der Waals surface area contributed by atoms with Crippen molar-refractivity contribution in [2.45, 2.75) is 25.8 Å². The molecule has 5 nitrogen and oxygen atoms in total. The van der Waals surface area contributed by atoms with E-state index in [4.69, 9.17) is 21.1 Å². The van der Waals surface area contributed by atoms with Crippen molar-refractivity contribution >= 4 is 23.5 Å². The van der Waals surface area contributed by atoms with Gasteiger partial charge in [0.15, 0.2) is 13.2 Å². The van der Waals surface area contributed by atoms with Crippen LogP contribution in [0.4, 0.5) is 0 Å². The van der Waals surface area contributed by atoms with Gasteiger partial charge in [-0.25, -0.2) is 4.79 Å². The molecule has 0 unspecified atom stereocenters. The molecule has 1 N–H and O–H groups in total. The standard InChI is InChI=1S/C20H20ClNO4/c21-18-7-2-1-4-16(18)11-22-19(23)12-26-20(24)13-25-17-9-8-14-5-3-6-15(14)10-17/h1-2,4,7-10H,3,5-6,11-13H2,(H,22,23). The summed E-state index contributed by atoms with van der Waals surface area (Å²) in [4.78, 5) is 23.5. The van der Waals surface area contributed by atoms with E-state index in [1.165, 1.54) is 11.1 Å². The Labute approximate surface area is 157 Å². The van der Waals surface area contributed by atoms with Gasteiger partial charge in [0, 0.05) is 11.6 Å². The average Bonchev–Trinajstić information content (AvgIpc) is 3.12. The van der Waals surface area contributed by atoms with Crippen LogP contribution in [-0.2, 0) is 33.7 Å². The van der Waals surface area contributed by atoms with E-state index in [0.29, 0.717) is 10.8 Å². The van der Waals surface area contributed by atoms with Gasteiger partial charge in [0.2, 0.25) is 0 Å². The molecule has 0 fully saturated rings. The second-order valence-electron chi connectivity index (χ2n) is 6.10. The van der Waals surface area contributed by atoms with E-state index in [1.807, 2.05) is 36.4 Å². The lowest BCUT2D eigenvalue weighted by molar-refractivity contribution is -0.150. The zero-order chi connectivity index (χ0) is 18.4. The summed E-state index contributed by atoms with van der Waals surface area (Å²) in [5, 5.41) is 3.23. The van der Waals surface area contributed by atoms with Crippen molar-refractivity contribution in [1.29, 1.82) is 0 Å². The van der Waals surface area contributed by atoms with Gasteiger partial charge in [-0.2, -0.15) is 0 Å². The Balaban J connectivity index is 1.37. The summed E-state index contributed by atoms with van der Waals surface area (Å²) in [6, 6.07) is 13.1. The number of nitrogens with one attached hydrogen (secondary N) is 1. The summed E-state index contributed by atoms with van der Waals surface area (Å²) in [6.07, 6.45) is 3.30. The maximum absolute atomic E-state index is 11.8. The Kier molecular flexibility index (Phi) is 6.12. The van der Waals surface area contributed by atoms with Crippen LogP contribution in [0.5, 0.6) is 5.75 Å². The van der Waals surface area contributed by atoms with Crippen LogP contribution in [0.1, 0.15) is 23.1 Å². The minimum atomic E-state index is -0.585. The number of rotatable bonds is 7. The molecule has 1 amide bonds. The number of ether oxygens (including phenoxy) is 2. The SMILES string of the molecule is O=C(COC(=O)COc1ccc2c(c1)CCC2)NCc1ccccc1Cl. The molecule has 0 bridgehead atoms. The number of hydrogen-bond acceptors (Lipinski definition) is 4. The van der Waals surface area contributed by atoms with Crippen LogP contribution in [0.2, 0.25) is 5.02 Å². The second-order valence-corrected chi connectivity index (χ2v) is 6.51. The van der Waals surface area contributed by atoms with Gasteiger partial charge < -0.3 is 14.8 Å². The van der Waals surface area contributed by atoms with Crippen molar-refractivity contribution in [1.82, 2.24) is 5.32 Å². The Bertz CT molecular complexity index is 806. The quantitative estimate of drug-likeness (QED) is 0.757. The number of carbonyl (C=O) groups is 2. The van der Waals surface area contributed by atoms with Gasteiger partial charge in [-0.05, 0) is 54.2 Å². The summed E-state index contributed by atoms with van der Waals surface area (Å²) in [6.45, 7) is -0.297. The lowest BCUT2D eigenvalue weighted by Crippen LogP contribution is -2.29. The largest absolute Gasteiger partial charge is 0.482 e. The predicted molar refractivity (Wildman–Crippen MR) is 98.2 cm³/mol. The Hall–Kier alpha value is -2.53. The number of carbonyl (C=O) groups excluding carboxylic acids is 2. The van der Waals surface area contributed by atoms with Crippen molar-refractivity contribution < 1.29 is 19.1 Å². The predicted octanol–water partition coefficient (Wildman–Crippen LogP) is 3.07. The maximum atomic E-state index is 11.8. The zero-order valence-corrected chi connectivity index (χ0v) is 15.1. The molecule has 0 atom stereocenters. The van der Waals surface area contributed by atoms with Gasteiger partial charge in [-0.15, -0.1) is 0 Å². The van der Waals surface area contributed by atoms with E-state index in [-0.39, 0.29) is 19.8 Å². The highest BCUT2D eigenvalue weighted by molar-refractivity contribution is 6.31. The highest BCUT2D eigenvalue weighted by Crippen LogP contribution is 2.25. The van der Waals surface area contributed by atoms with E-state index < -0.39 is 11.9 Å². The molecule has 0 saturated carbocycles. The summed E-state index contributed by atoms with van der Waals surface area (Å²) in [5.41, 5.74) is 3.42. The topological polar surface area (TPSA) is 64.6 Å². The third-order valence-corrected chi connectivity index (χ3v) is 4.59. The van der Waals surface area contributed by atoms with E-state index in [9.17, 15) is 9.59 Å². The highest BCUT2D eigenvalue weighted by atomic mass is 35.5. The first-order valence-electron chi connectivity index (χ1n) is 8.52. The van der Waals surface area contributed by atoms with E-state index in [1.54, 1.807) is 6.07 Å². The highest BCUT2D eigenvalue weighted by Gasteiger charge is 2.13. The molecule has 0 saturated heterocycles. The van der Waals surface area contributed by atoms with Gasteiger partial charge >= 0.3 is 5.97 Å². The minimum Gasteiger partial charge on any atom is -0.482 e. The third kappa shape index (κ3) is 4.99. The molecule has 136 valence electrons. The maximum Gasteiger partial charge on any atom is 0.344 e. The molecule has 3 rings (SSSR count). The van der Waals surface area contributed by atoms with Gasteiger partial charge in [0.05, 0.1) is 0 Å². The van der Waals surface area contributed by atoms with Gasteiger partial charge in [-0.1, -0.05) is 35.9 Å². The number of benzene rings is 2. The fraction of sp³-hybridized carbons (Fsp3) is 0.300. The van der Waals surface area contributed by atoms with Gasteiger partial charge in [-0.3, -0.25) is 4.79 Å². The smallest absolute Gasteiger partial charge is 0.344 e. The normalized spacial score (nSPS) is 12.3. The van der Waals surface area contributed by atoms with Crippen molar-refractivity contribution in [3.63, 3.8) is 0 Å². The Morgan fingerprint density at radius 2 is 1.85 bits per heavy atom. The molecule has 0 aliphatic heterocycles. The molecule has 6 heteroatoms. The van der Waals surface area contributed by atoms with Crippen molar-refractivity contribution in [3.05, 3.63) is 64.2 Å². The zero-order valence-electron chi connectivity index (χ0n) is 14.3. The average molecular weight is 374 g/mol. The number of halogens is 1. The van der Waals surface area contributed by atoms with Gasteiger partial charge in [0.1, 0.15) is 5.75 Å². The molecular formula is C20H20ClNO4. The number of esters is 1. The molecule has 1 aliphatic carbocycles. The number of fused-ring (bicyclic) bond motifs is 1. The van der Waals surface area contributed by atoms with Crippen LogP contribution < -0.4 is 10.1 Å². The molecule has 2 aromatic rings. The molecule has 0 aromatic heterocycles. The summed E-state index contributed by atoms with van der Waals surface area (Å²) in [7, 11) is 0. The first-order valence-corrected chi connectivity index (χ1v) is 8.90. The fourth-order valence-electron chi connectivity index (χ4n) is 2.85. The van der Waals surface area contributed by atoms with Crippen LogP contribution in [0, 0.1) is 0 Å².